The van der Waals surface area contributed by atoms with Crippen LogP contribution >= 0.6 is 0 Å². The molecule has 0 unspecified atom stereocenters. The molecule has 6 aliphatic rings. The van der Waals surface area contributed by atoms with Gasteiger partial charge < -0.3 is 4.63 Å². The van der Waals surface area contributed by atoms with Gasteiger partial charge in [-0.2, -0.15) is 0 Å². The fourth-order valence-electron chi connectivity index (χ4n) is 12.1. The van der Waals surface area contributed by atoms with Gasteiger partial charge >= 0.3 is 0 Å². The smallest absolute Gasteiger partial charge is 0.207 e. The summed E-state index contributed by atoms with van der Waals surface area (Å²) in [5, 5.41) is 0. The summed E-state index contributed by atoms with van der Waals surface area (Å²) >= 11 is 0. The van der Waals surface area contributed by atoms with Crippen LogP contribution in [0.1, 0.15) is 193 Å². The molecule has 0 aromatic rings. The van der Waals surface area contributed by atoms with Crippen molar-refractivity contribution in [2.24, 2.45) is 0 Å². The van der Waals surface area contributed by atoms with Crippen LogP contribution in [0.4, 0.5) is 0 Å². The van der Waals surface area contributed by atoms with E-state index in [4.69, 9.17) is 0 Å². The van der Waals surface area contributed by atoms with Crippen LogP contribution in [0.2, 0.25) is 34.9 Å². The molecule has 0 saturated heterocycles. The molecule has 0 atom stereocenters. The molecule has 0 radical (unpaired) electrons. The van der Waals surface area contributed by atoms with E-state index in [9.17, 15) is 0 Å². The van der Waals surface area contributed by atoms with E-state index in [1.165, 1.54) is 116 Å². The zero-order valence-electron chi connectivity index (χ0n) is 26.9. The highest BCUT2D eigenvalue weighted by molar-refractivity contribution is 6.89. The maximum atomic E-state index is 3.64. The Morgan fingerprint density at radius 1 is 0.225 bits per heavy atom. The highest BCUT2D eigenvalue weighted by Gasteiger charge is 2.53. The van der Waals surface area contributed by atoms with Crippen molar-refractivity contribution < 1.29 is 0 Å². The fraction of sp³-hybridized carbons (Fsp3) is 1.00. The quantitative estimate of drug-likeness (QED) is 0.261. The predicted molar refractivity (Wildman–Crippen MR) is 180 cm³/mol. The Labute approximate surface area is 252 Å². The normalized spacial score (nSPS) is 28.1. The van der Waals surface area contributed by atoms with Crippen LogP contribution in [0, 0.1) is 0 Å². The molecule has 0 bridgehead atoms. The Balaban J connectivity index is 1.45. The van der Waals surface area contributed by atoms with Crippen LogP contribution in [0.15, 0.2) is 0 Å². The first-order valence-corrected chi connectivity index (χ1v) is 19.7. The Bertz CT molecular complexity index is 546. The molecule has 0 aromatic carbocycles. The molecule has 0 N–H and O–H groups in total. The van der Waals surface area contributed by atoms with Crippen LogP contribution < -0.4 is 0 Å². The van der Waals surface area contributed by atoms with Gasteiger partial charge in [0, 0.05) is 0 Å². The molecule has 6 aliphatic carbocycles. The molecule has 40 heavy (non-hydrogen) atoms. The monoisotopic (exact) mass is 546 g/mol. The highest BCUT2D eigenvalue weighted by Crippen LogP contribution is 2.53. The van der Waals surface area contributed by atoms with E-state index in [1.54, 1.807) is 77.0 Å². The number of rotatable bonds is 9. The minimum absolute atomic E-state index is 0.934. The van der Waals surface area contributed by atoms with Gasteiger partial charge in [-0.3, -0.25) is 0 Å². The molecule has 6 rings (SSSR count). The van der Waals surface area contributed by atoms with Crippen molar-refractivity contribution in [3.05, 3.63) is 0 Å². The van der Waals surface area contributed by atoms with E-state index in [0.29, 0.717) is 0 Å². The van der Waals surface area contributed by atoms with E-state index >= 15 is 0 Å². The number of nitrogens with zero attached hydrogens (tertiary/aromatic N) is 1. The topological polar surface area (TPSA) is 3.24 Å². The third kappa shape index (κ3) is 7.44. The first kappa shape index (κ1) is 30.2. The van der Waals surface area contributed by atoms with Crippen LogP contribution in [-0.4, -0.2) is 25.2 Å². The van der Waals surface area contributed by atoms with E-state index in [1.807, 2.05) is 0 Å². The summed E-state index contributed by atoms with van der Waals surface area (Å²) in [7, 11) is 0. The Morgan fingerprint density at radius 3 is 0.525 bits per heavy atom. The molecule has 0 amide bonds. The third-order valence-corrected chi connectivity index (χ3v) is 13.8. The van der Waals surface area contributed by atoms with Gasteiger partial charge in [0.2, 0.25) is 20.5 Å². The van der Waals surface area contributed by atoms with Crippen LogP contribution in [0.25, 0.3) is 0 Å². The van der Waals surface area contributed by atoms with Crippen LogP contribution in [0.3, 0.4) is 0 Å². The van der Waals surface area contributed by atoms with Gasteiger partial charge in [0.1, 0.15) is 0 Å². The Morgan fingerprint density at radius 2 is 0.375 bits per heavy atom. The highest BCUT2D eigenvalue weighted by atomic mass is 15.0. The molecular weight excluding hydrogens is 479 g/mol. The van der Waals surface area contributed by atoms with Crippen molar-refractivity contribution in [3.8, 4) is 0 Å². The molecule has 0 spiro atoms. The van der Waals surface area contributed by atoms with Crippen molar-refractivity contribution in [2.75, 3.05) is 0 Å². The molecule has 0 aliphatic heterocycles. The summed E-state index contributed by atoms with van der Waals surface area (Å²) in [6, 6.07) is 0. The zero-order valence-corrected chi connectivity index (χ0v) is 26.9. The minimum atomic E-state index is 0.934. The second kappa shape index (κ2) is 15.8. The molecule has 6 fully saturated rings. The summed E-state index contributed by atoms with van der Waals surface area (Å²) in [4.78, 5) is 0. The summed E-state index contributed by atoms with van der Waals surface area (Å²) in [6.45, 7) is 2.80. The van der Waals surface area contributed by atoms with Gasteiger partial charge in [-0.15, -0.1) is 0 Å². The van der Waals surface area contributed by atoms with Gasteiger partial charge in [-0.25, -0.2) is 0 Å². The number of hydrogen-bond acceptors (Lipinski definition) is 1. The SMILES string of the molecule is C1CCC(B(C2CCCCC2)N(B(C2CCCCC2)C2CCCCC2)B(C2CCCCC2)C2CCCCC2)CC1. The molecular formula is C36H66B3N. The van der Waals surface area contributed by atoms with Crippen molar-refractivity contribution >= 4 is 20.5 Å². The third-order valence-electron chi connectivity index (χ3n) is 13.8. The average molecular weight is 545 g/mol. The summed E-state index contributed by atoms with van der Waals surface area (Å²) < 4.78 is 3.64. The molecule has 0 aromatic heterocycles. The maximum Gasteiger partial charge on any atom is 0.207 e. The molecule has 4 heteroatoms. The van der Waals surface area contributed by atoms with Crippen molar-refractivity contribution in [1.82, 2.24) is 4.63 Å². The van der Waals surface area contributed by atoms with Gasteiger partial charge in [-0.1, -0.05) is 193 Å². The lowest BCUT2D eigenvalue weighted by Gasteiger charge is -2.56. The van der Waals surface area contributed by atoms with Crippen LogP contribution in [-0.2, 0) is 0 Å². The Kier molecular flexibility index (Phi) is 11.9. The second-order valence-electron chi connectivity index (χ2n) is 16.3. The van der Waals surface area contributed by atoms with E-state index in [0.717, 1.165) is 55.4 Å². The van der Waals surface area contributed by atoms with Gasteiger partial charge in [0.15, 0.2) is 0 Å². The first-order valence-electron chi connectivity index (χ1n) is 19.7. The standard InChI is InChI=1S/C36H66B3N/c1-7-19-31(20-8-1)37(32-21-9-2-10-22-32)40(38(33-23-11-3-12-24-33)34-25-13-4-14-26-34)39(35-27-15-5-16-28-35)36-29-17-6-18-30-36/h31-36H,1-30H2. The average Bonchev–Trinajstić information content (AvgIpc) is 3.04. The second-order valence-corrected chi connectivity index (χ2v) is 16.3. The lowest BCUT2D eigenvalue weighted by Crippen LogP contribution is -2.66. The van der Waals surface area contributed by atoms with Gasteiger partial charge in [0.25, 0.3) is 0 Å². The molecule has 6 saturated carbocycles. The largest absolute Gasteiger partial charge is 0.425 e. The van der Waals surface area contributed by atoms with Gasteiger partial charge in [-0.05, 0) is 34.9 Å². The van der Waals surface area contributed by atoms with E-state index < -0.39 is 0 Å². The molecule has 224 valence electrons. The summed E-state index contributed by atoms with van der Waals surface area (Å²) in [5.74, 6) is 6.09. The number of hydrogen-bond donors (Lipinski definition) is 0. The van der Waals surface area contributed by atoms with E-state index in [-0.39, 0.29) is 0 Å². The molecule has 0 heterocycles. The van der Waals surface area contributed by atoms with Crippen molar-refractivity contribution in [1.29, 1.82) is 0 Å². The first-order chi connectivity index (χ1) is 19.9. The molecule has 1 nitrogen and oxygen atoms in total. The maximum absolute atomic E-state index is 3.64. The lowest BCUT2D eigenvalue weighted by atomic mass is 9.18. The Hall–Kier alpha value is 0.155. The van der Waals surface area contributed by atoms with Gasteiger partial charge in [0.05, 0.1) is 0 Å². The summed E-state index contributed by atoms with van der Waals surface area (Å²) in [5.41, 5.74) is 0. The zero-order chi connectivity index (χ0) is 27.0. The predicted octanol–water partition coefficient (Wildman–Crippen LogP) is 12.3. The fourth-order valence-corrected chi connectivity index (χ4v) is 12.1. The summed E-state index contributed by atoms with van der Waals surface area (Å²) in [6.07, 6.45) is 46.5. The van der Waals surface area contributed by atoms with E-state index in [2.05, 4.69) is 4.63 Å². The minimum Gasteiger partial charge on any atom is -0.425 e. The van der Waals surface area contributed by atoms with Crippen molar-refractivity contribution in [2.45, 2.75) is 228 Å². The lowest BCUT2D eigenvalue weighted by molar-refractivity contribution is 0.416. The van der Waals surface area contributed by atoms with Crippen molar-refractivity contribution in [3.63, 3.8) is 0 Å². The van der Waals surface area contributed by atoms with Crippen LogP contribution in [0.5, 0.6) is 0 Å².